The number of nitrogens with zero attached hydrogens (tertiary/aromatic N) is 1. The van der Waals surface area contributed by atoms with Crippen LogP contribution in [0.4, 0.5) is 4.79 Å². The number of benzene rings is 1. The van der Waals surface area contributed by atoms with Crippen LogP contribution in [0.2, 0.25) is 0 Å². The van der Waals surface area contributed by atoms with Gasteiger partial charge in [0.15, 0.2) is 11.3 Å². The fourth-order valence-electron chi connectivity index (χ4n) is 2.76. The minimum Gasteiger partial charge on any atom is -0.493 e. The maximum absolute atomic E-state index is 10.9. The molecular formula is C16H18BrNO5. The lowest BCUT2D eigenvalue weighted by atomic mass is 10.1. The van der Waals surface area contributed by atoms with Gasteiger partial charge in [0.25, 0.3) is 0 Å². The van der Waals surface area contributed by atoms with E-state index in [1.165, 1.54) is 4.90 Å². The summed E-state index contributed by atoms with van der Waals surface area (Å²) in [6.45, 7) is 1.39. The molecule has 1 aromatic carbocycles. The Balaban J connectivity index is 1.64. The van der Waals surface area contributed by atoms with Gasteiger partial charge in [-0.3, -0.25) is 0 Å². The Labute approximate surface area is 142 Å². The van der Waals surface area contributed by atoms with E-state index < -0.39 is 6.09 Å². The second-order valence-electron chi connectivity index (χ2n) is 5.49. The van der Waals surface area contributed by atoms with Gasteiger partial charge >= 0.3 is 6.09 Å². The van der Waals surface area contributed by atoms with Crippen molar-refractivity contribution in [2.45, 2.75) is 25.6 Å². The van der Waals surface area contributed by atoms with Crippen molar-refractivity contribution in [1.29, 1.82) is 0 Å². The Hall–Kier alpha value is -1.73. The van der Waals surface area contributed by atoms with Crippen molar-refractivity contribution in [2.75, 3.05) is 20.2 Å². The summed E-state index contributed by atoms with van der Waals surface area (Å²) in [7, 11) is 1.61. The second kappa shape index (κ2) is 6.80. The van der Waals surface area contributed by atoms with E-state index in [4.69, 9.17) is 19.0 Å². The minimum absolute atomic E-state index is 0.0594. The molecule has 0 unspecified atom stereocenters. The van der Waals surface area contributed by atoms with Crippen molar-refractivity contribution in [3.63, 3.8) is 0 Å². The first-order valence-electron chi connectivity index (χ1n) is 7.43. The number of rotatable bonds is 4. The molecule has 23 heavy (non-hydrogen) atoms. The summed E-state index contributed by atoms with van der Waals surface area (Å²) in [5.74, 6) is 1.41. The third-order valence-electron chi connectivity index (χ3n) is 4.04. The Morgan fingerprint density at radius 3 is 2.83 bits per heavy atom. The van der Waals surface area contributed by atoms with Gasteiger partial charge in [0, 0.05) is 22.9 Å². The minimum atomic E-state index is -0.863. The number of carbonyl (C=O) groups is 1. The molecule has 1 amide bonds. The summed E-state index contributed by atoms with van der Waals surface area (Å²) in [4.78, 5) is 12.3. The van der Waals surface area contributed by atoms with E-state index in [0.717, 1.165) is 15.6 Å². The van der Waals surface area contributed by atoms with Crippen LogP contribution in [-0.4, -0.2) is 42.4 Å². The largest absolute Gasteiger partial charge is 0.493 e. The van der Waals surface area contributed by atoms with Gasteiger partial charge in [-0.25, -0.2) is 4.79 Å². The fourth-order valence-corrected chi connectivity index (χ4v) is 3.19. The molecule has 2 heterocycles. The molecule has 2 aromatic rings. The molecule has 0 radical (unpaired) electrons. The molecule has 6 nitrogen and oxygen atoms in total. The van der Waals surface area contributed by atoms with E-state index in [1.807, 2.05) is 18.2 Å². The van der Waals surface area contributed by atoms with Crippen molar-refractivity contribution >= 4 is 33.0 Å². The van der Waals surface area contributed by atoms with Crippen LogP contribution in [0.1, 0.15) is 18.6 Å². The molecule has 0 spiro atoms. The average Bonchev–Trinajstić information content (AvgIpc) is 2.99. The molecule has 7 heteroatoms. The number of amides is 1. The maximum atomic E-state index is 10.9. The van der Waals surface area contributed by atoms with Gasteiger partial charge in [0.2, 0.25) is 0 Å². The standard InChI is InChI=1S/C16H18BrNO5/c1-21-14-3-2-13(17)12-8-11(23-15(12)14)9-22-10-4-6-18(7-5-10)16(19)20/h2-3,8,10H,4-7,9H2,1H3,(H,19,20). The van der Waals surface area contributed by atoms with Gasteiger partial charge in [-0.15, -0.1) is 0 Å². The quantitative estimate of drug-likeness (QED) is 0.867. The Kier molecular flexibility index (Phi) is 4.77. The van der Waals surface area contributed by atoms with E-state index in [0.29, 0.717) is 43.9 Å². The molecular weight excluding hydrogens is 366 g/mol. The molecule has 0 atom stereocenters. The van der Waals surface area contributed by atoms with Crippen LogP contribution >= 0.6 is 15.9 Å². The first kappa shape index (κ1) is 16.1. The zero-order valence-corrected chi connectivity index (χ0v) is 14.3. The highest BCUT2D eigenvalue weighted by atomic mass is 79.9. The van der Waals surface area contributed by atoms with Crippen molar-refractivity contribution in [2.24, 2.45) is 0 Å². The SMILES string of the molecule is COc1ccc(Br)c2cc(COC3CCN(C(=O)O)CC3)oc12. The van der Waals surface area contributed by atoms with E-state index >= 15 is 0 Å². The molecule has 1 fully saturated rings. The Morgan fingerprint density at radius 1 is 1.43 bits per heavy atom. The zero-order valence-electron chi connectivity index (χ0n) is 12.8. The summed E-state index contributed by atoms with van der Waals surface area (Å²) in [5, 5.41) is 9.89. The number of piperidine rings is 1. The summed E-state index contributed by atoms with van der Waals surface area (Å²) in [6, 6.07) is 5.71. The van der Waals surface area contributed by atoms with Gasteiger partial charge in [-0.1, -0.05) is 15.9 Å². The predicted molar refractivity (Wildman–Crippen MR) is 87.9 cm³/mol. The molecule has 124 valence electrons. The summed E-state index contributed by atoms with van der Waals surface area (Å²) in [6.07, 6.45) is 0.612. The van der Waals surface area contributed by atoms with Gasteiger partial charge in [0.1, 0.15) is 12.4 Å². The topological polar surface area (TPSA) is 72.1 Å². The van der Waals surface area contributed by atoms with E-state index in [2.05, 4.69) is 15.9 Å². The molecule has 3 rings (SSSR count). The number of likely N-dealkylation sites (tertiary alicyclic amines) is 1. The normalized spacial score (nSPS) is 16.0. The molecule has 1 aliphatic rings. The van der Waals surface area contributed by atoms with Crippen LogP contribution in [0.3, 0.4) is 0 Å². The van der Waals surface area contributed by atoms with Crippen molar-refractivity contribution in [3.05, 3.63) is 28.4 Å². The van der Waals surface area contributed by atoms with Crippen LogP contribution < -0.4 is 4.74 Å². The smallest absolute Gasteiger partial charge is 0.407 e. The zero-order chi connectivity index (χ0) is 16.4. The van der Waals surface area contributed by atoms with Crippen LogP contribution in [-0.2, 0) is 11.3 Å². The lowest BCUT2D eigenvalue weighted by molar-refractivity contribution is -0.00576. The molecule has 0 aliphatic carbocycles. The van der Waals surface area contributed by atoms with Crippen molar-refractivity contribution < 1.29 is 23.8 Å². The van der Waals surface area contributed by atoms with Crippen LogP contribution in [0.5, 0.6) is 5.75 Å². The monoisotopic (exact) mass is 383 g/mol. The number of methoxy groups -OCH3 is 1. The first-order valence-corrected chi connectivity index (χ1v) is 8.22. The third kappa shape index (κ3) is 3.45. The molecule has 0 saturated carbocycles. The van der Waals surface area contributed by atoms with Crippen LogP contribution in [0.25, 0.3) is 11.0 Å². The first-order chi connectivity index (χ1) is 11.1. The van der Waals surface area contributed by atoms with Gasteiger partial charge in [-0.2, -0.15) is 0 Å². The molecule has 0 bridgehead atoms. The highest BCUT2D eigenvalue weighted by molar-refractivity contribution is 9.10. The average molecular weight is 384 g/mol. The second-order valence-corrected chi connectivity index (χ2v) is 6.34. The Morgan fingerprint density at radius 2 is 2.17 bits per heavy atom. The van der Waals surface area contributed by atoms with Crippen molar-refractivity contribution in [1.82, 2.24) is 4.90 Å². The summed E-state index contributed by atoms with van der Waals surface area (Å²) >= 11 is 3.50. The van der Waals surface area contributed by atoms with Crippen LogP contribution in [0.15, 0.2) is 27.1 Å². The van der Waals surface area contributed by atoms with E-state index in [1.54, 1.807) is 7.11 Å². The Bertz CT molecular complexity index is 706. The number of carboxylic acid groups (broad SMARTS) is 1. The number of hydrogen-bond acceptors (Lipinski definition) is 4. The number of furan rings is 1. The summed E-state index contributed by atoms with van der Waals surface area (Å²) < 4.78 is 18.0. The molecule has 1 N–H and O–H groups in total. The number of fused-ring (bicyclic) bond motifs is 1. The maximum Gasteiger partial charge on any atom is 0.407 e. The third-order valence-corrected chi connectivity index (χ3v) is 4.73. The molecule has 1 saturated heterocycles. The van der Waals surface area contributed by atoms with Crippen molar-refractivity contribution in [3.8, 4) is 5.75 Å². The highest BCUT2D eigenvalue weighted by Gasteiger charge is 2.23. The lowest BCUT2D eigenvalue weighted by Gasteiger charge is -2.29. The van der Waals surface area contributed by atoms with E-state index in [-0.39, 0.29) is 6.10 Å². The fraction of sp³-hybridized carbons (Fsp3) is 0.438. The van der Waals surface area contributed by atoms with Gasteiger partial charge in [-0.05, 0) is 31.0 Å². The van der Waals surface area contributed by atoms with Gasteiger partial charge in [0.05, 0.1) is 13.2 Å². The molecule has 1 aromatic heterocycles. The molecule has 1 aliphatic heterocycles. The van der Waals surface area contributed by atoms with Gasteiger partial charge < -0.3 is 23.9 Å². The van der Waals surface area contributed by atoms with E-state index in [9.17, 15) is 4.79 Å². The lowest BCUT2D eigenvalue weighted by Crippen LogP contribution is -2.40. The summed E-state index contributed by atoms with van der Waals surface area (Å²) in [5.41, 5.74) is 0.696. The highest BCUT2D eigenvalue weighted by Crippen LogP contribution is 2.34. The number of ether oxygens (including phenoxy) is 2. The predicted octanol–water partition coefficient (Wildman–Crippen LogP) is 3.86. The van der Waals surface area contributed by atoms with Crippen LogP contribution in [0, 0.1) is 0 Å². The number of halogens is 1. The number of hydrogen-bond donors (Lipinski definition) is 1.